The zero-order valence-electron chi connectivity index (χ0n) is 14.0. The molecular weight excluding hydrogens is 402 g/mol. The van der Waals surface area contributed by atoms with Crippen molar-refractivity contribution in [3.05, 3.63) is 65.7 Å². The molecule has 0 spiro atoms. The van der Waals surface area contributed by atoms with Crippen molar-refractivity contribution in [1.82, 2.24) is 4.90 Å². The molecule has 3 atom stereocenters. The van der Waals surface area contributed by atoms with Gasteiger partial charge in [0.15, 0.2) is 0 Å². The van der Waals surface area contributed by atoms with Crippen LogP contribution in [-0.2, 0) is 9.53 Å². The lowest BCUT2D eigenvalue weighted by molar-refractivity contribution is -0.130. The van der Waals surface area contributed by atoms with Gasteiger partial charge in [0.2, 0.25) is 5.91 Å². The minimum Gasteiger partial charge on any atom is -0.497 e. The number of nitrogens with zero attached hydrogens (tertiary/aromatic N) is 1. The van der Waals surface area contributed by atoms with Gasteiger partial charge in [-0.05, 0) is 23.3 Å². The zero-order chi connectivity index (χ0) is 18.7. The van der Waals surface area contributed by atoms with Crippen LogP contribution in [0.25, 0.3) is 0 Å². The van der Waals surface area contributed by atoms with Gasteiger partial charge in [-0.2, -0.15) is 0 Å². The molecule has 2 amide bonds. The molecule has 26 heavy (non-hydrogen) atoms. The van der Waals surface area contributed by atoms with Gasteiger partial charge in [-0.1, -0.05) is 58.4 Å². The van der Waals surface area contributed by atoms with Crippen LogP contribution in [0.2, 0.25) is 0 Å². The summed E-state index contributed by atoms with van der Waals surface area (Å²) in [5.74, 6) is 0.0929. The third-order valence-corrected chi connectivity index (χ3v) is 5.16. The number of methoxy groups -OCH3 is 1. The summed E-state index contributed by atoms with van der Waals surface area (Å²) in [6.45, 7) is 0.0902. The topological polar surface area (TPSA) is 76.1 Å². The molecule has 0 saturated carbocycles. The number of alkyl halides is 1. The average Bonchev–Trinajstić information content (AvgIpc) is 3.08. The van der Waals surface area contributed by atoms with E-state index in [0.717, 1.165) is 10.5 Å². The number of amides is 2. The third-order valence-electron chi connectivity index (χ3n) is 4.27. The third kappa shape index (κ3) is 3.59. The second-order valence-corrected chi connectivity index (χ2v) is 6.82. The number of cyclic esters (lactones) is 1. The maximum atomic E-state index is 12.9. The molecule has 1 heterocycles. The van der Waals surface area contributed by atoms with Gasteiger partial charge >= 0.3 is 6.09 Å². The standard InChI is InChI=1S/C19H18BrNO5/c1-25-14-9-7-13(8-10-14)17(22)16(20)18(23)21-15(11-26-19(21)24)12-5-3-2-4-6-12/h2-10,15-17,22H,11H2,1H3/t15-,16+,17+/m0/s1. The van der Waals surface area contributed by atoms with E-state index in [1.54, 1.807) is 31.4 Å². The fourth-order valence-corrected chi connectivity index (χ4v) is 3.35. The molecule has 1 fully saturated rings. The molecule has 0 bridgehead atoms. The minimum atomic E-state index is -1.13. The Balaban J connectivity index is 1.80. The predicted octanol–water partition coefficient (Wildman–Crippen LogP) is 3.21. The van der Waals surface area contributed by atoms with E-state index in [4.69, 9.17) is 9.47 Å². The average molecular weight is 420 g/mol. The van der Waals surface area contributed by atoms with Gasteiger partial charge in [-0.15, -0.1) is 0 Å². The summed E-state index contributed by atoms with van der Waals surface area (Å²) < 4.78 is 10.2. The Morgan fingerprint density at radius 2 is 1.88 bits per heavy atom. The highest BCUT2D eigenvalue weighted by Gasteiger charge is 2.42. The molecule has 2 aromatic carbocycles. The van der Waals surface area contributed by atoms with Crippen LogP contribution < -0.4 is 4.74 Å². The van der Waals surface area contributed by atoms with Crippen molar-refractivity contribution in [2.75, 3.05) is 13.7 Å². The number of rotatable bonds is 5. The van der Waals surface area contributed by atoms with Crippen LogP contribution in [0.15, 0.2) is 54.6 Å². The minimum absolute atomic E-state index is 0.0902. The van der Waals surface area contributed by atoms with Crippen molar-refractivity contribution in [2.45, 2.75) is 17.0 Å². The van der Waals surface area contributed by atoms with E-state index in [1.165, 1.54) is 0 Å². The Hall–Kier alpha value is -2.38. The summed E-state index contributed by atoms with van der Waals surface area (Å²) in [5.41, 5.74) is 1.33. The fourth-order valence-electron chi connectivity index (χ4n) is 2.82. The van der Waals surface area contributed by atoms with Crippen molar-refractivity contribution in [1.29, 1.82) is 0 Å². The highest BCUT2D eigenvalue weighted by atomic mass is 79.9. The molecule has 0 aliphatic carbocycles. The van der Waals surface area contributed by atoms with E-state index in [-0.39, 0.29) is 6.61 Å². The summed E-state index contributed by atoms with van der Waals surface area (Å²) in [6, 6.07) is 15.4. The van der Waals surface area contributed by atoms with Crippen molar-refractivity contribution in [3.63, 3.8) is 0 Å². The molecular formula is C19H18BrNO5. The molecule has 0 aromatic heterocycles. The summed E-state index contributed by atoms with van der Waals surface area (Å²) in [4.78, 5) is 25.0. The van der Waals surface area contributed by atoms with Crippen LogP contribution in [0.5, 0.6) is 5.75 Å². The molecule has 0 radical (unpaired) electrons. The molecule has 0 unspecified atom stereocenters. The van der Waals surface area contributed by atoms with Gasteiger partial charge < -0.3 is 14.6 Å². The molecule has 1 aliphatic heterocycles. The van der Waals surface area contributed by atoms with E-state index < -0.39 is 29.0 Å². The number of halogens is 1. The molecule has 6 nitrogen and oxygen atoms in total. The van der Waals surface area contributed by atoms with Crippen LogP contribution in [-0.4, -0.2) is 40.6 Å². The Kier molecular flexibility index (Phi) is 5.58. The number of hydrogen-bond donors (Lipinski definition) is 1. The molecule has 7 heteroatoms. The summed E-state index contributed by atoms with van der Waals surface area (Å²) >= 11 is 3.24. The van der Waals surface area contributed by atoms with Gasteiger partial charge in [-0.3, -0.25) is 4.79 Å². The monoisotopic (exact) mass is 419 g/mol. The first-order valence-electron chi connectivity index (χ1n) is 8.03. The lowest BCUT2D eigenvalue weighted by atomic mass is 10.0. The van der Waals surface area contributed by atoms with Crippen molar-refractivity contribution >= 4 is 27.9 Å². The van der Waals surface area contributed by atoms with E-state index >= 15 is 0 Å². The Bertz CT molecular complexity index is 780. The molecule has 3 rings (SSSR count). The highest BCUT2D eigenvalue weighted by Crippen LogP contribution is 2.32. The van der Waals surface area contributed by atoms with Crippen LogP contribution >= 0.6 is 15.9 Å². The number of carbonyl (C=O) groups excluding carboxylic acids is 2. The van der Waals surface area contributed by atoms with E-state index in [9.17, 15) is 14.7 Å². The van der Waals surface area contributed by atoms with Crippen LogP contribution in [0.1, 0.15) is 23.3 Å². The largest absolute Gasteiger partial charge is 0.497 e. The molecule has 2 aromatic rings. The molecule has 136 valence electrons. The normalized spacial score (nSPS) is 19.0. The van der Waals surface area contributed by atoms with Gasteiger partial charge in [0.1, 0.15) is 29.3 Å². The lowest BCUT2D eigenvalue weighted by Gasteiger charge is -2.25. The number of ether oxygens (including phenoxy) is 2. The number of benzene rings is 2. The van der Waals surface area contributed by atoms with E-state index in [2.05, 4.69) is 15.9 Å². The summed E-state index contributed by atoms with van der Waals surface area (Å²) in [5, 5.41) is 10.5. The van der Waals surface area contributed by atoms with Gasteiger partial charge in [0, 0.05) is 0 Å². The summed E-state index contributed by atoms with van der Waals surface area (Å²) in [6.07, 6.45) is -1.84. The number of hydrogen-bond acceptors (Lipinski definition) is 5. The zero-order valence-corrected chi connectivity index (χ0v) is 15.6. The van der Waals surface area contributed by atoms with Crippen LogP contribution in [0.4, 0.5) is 4.79 Å². The quantitative estimate of drug-likeness (QED) is 0.752. The maximum Gasteiger partial charge on any atom is 0.417 e. The van der Waals surface area contributed by atoms with Crippen LogP contribution in [0.3, 0.4) is 0 Å². The number of aliphatic hydroxyl groups excluding tert-OH is 1. The smallest absolute Gasteiger partial charge is 0.417 e. The fraction of sp³-hybridized carbons (Fsp3) is 0.263. The first-order valence-corrected chi connectivity index (χ1v) is 8.95. The Labute approximate surface area is 159 Å². The van der Waals surface area contributed by atoms with Crippen LogP contribution in [0, 0.1) is 0 Å². The molecule has 1 saturated heterocycles. The first kappa shape index (κ1) is 18.4. The van der Waals surface area contributed by atoms with E-state index in [0.29, 0.717) is 11.3 Å². The first-order chi connectivity index (χ1) is 12.5. The number of carbonyl (C=O) groups is 2. The highest BCUT2D eigenvalue weighted by molar-refractivity contribution is 9.10. The van der Waals surface area contributed by atoms with Gasteiger partial charge in [0.25, 0.3) is 0 Å². The van der Waals surface area contributed by atoms with Crippen molar-refractivity contribution in [2.24, 2.45) is 0 Å². The molecule has 1 aliphatic rings. The van der Waals surface area contributed by atoms with Gasteiger partial charge in [-0.25, -0.2) is 9.69 Å². The van der Waals surface area contributed by atoms with E-state index in [1.807, 2.05) is 30.3 Å². The van der Waals surface area contributed by atoms with Gasteiger partial charge in [0.05, 0.1) is 7.11 Å². The number of imide groups is 1. The second-order valence-electron chi connectivity index (χ2n) is 5.83. The second kappa shape index (κ2) is 7.88. The lowest BCUT2D eigenvalue weighted by Crippen LogP contribution is -2.41. The Morgan fingerprint density at radius 1 is 1.23 bits per heavy atom. The summed E-state index contributed by atoms with van der Waals surface area (Å²) in [7, 11) is 1.55. The van der Waals surface area contributed by atoms with Crippen molar-refractivity contribution < 1.29 is 24.2 Å². The maximum absolute atomic E-state index is 12.9. The van der Waals surface area contributed by atoms with Crippen molar-refractivity contribution in [3.8, 4) is 5.75 Å². The predicted molar refractivity (Wildman–Crippen MR) is 98.0 cm³/mol. The molecule has 1 N–H and O–H groups in total. The Morgan fingerprint density at radius 3 is 2.50 bits per heavy atom. The SMILES string of the molecule is COc1ccc([C@@H](O)[C@@H](Br)C(=O)N2C(=O)OC[C@H]2c2ccccc2)cc1. The number of aliphatic hydroxyl groups is 1.